The van der Waals surface area contributed by atoms with Crippen molar-refractivity contribution in [2.24, 2.45) is 5.10 Å². The molecule has 9 nitrogen and oxygen atoms in total. The lowest BCUT2D eigenvalue weighted by Gasteiger charge is -2.14. The number of hydrazone groups is 1. The quantitative estimate of drug-likeness (QED) is 0.156. The van der Waals surface area contributed by atoms with E-state index >= 15 is 0 Å². The Labute approximate surface area is 236 Å². The predicted molar refractivity (Wildman–Crippen MR) is 150 cm³/mol. The van der Waals surface area contributed by atoms with Crippen LogP contribution in [0.1, 0.15) is 32.1 Å². The molecular formula is C26H20BrCl2N5O4. The summed E-state index contributed by atoms with van der Waals surface area (Å²) >= 11 is 15.6. The highest BCUT2D eigenvalue weighted by Crippen LogP contribution is 2.37. The van der Waals surface area contributed by atoms with Gasteiger partial charge in [0.1, 0.15) is 12.3 Å². The normalized spacial score (nSPS) is 10.8. The van der Waals surface area contributed by atoms with Gasteiger partial charge in [-0.05, 0) is 64.0 Å². The SMILES string of the molecule is COc1cc(/C=N\NC(=O)c2nc[nH]c2C(=O)Nc2ccc(Cl)cc2)cc(Br)c1OCc1ccccc1Cl. The van der Waals surface area contributed by atoms with Gasteiger partial charge in [0.25, 0.3) is 11.8 Å². The molecule has 0 saturated heterocycles. The van der Waals surface area contributed by atoms with E-state index in [1.54, 1.807) is 42.5 Å². The van der Waals surface area contributed by atoms with Crippen molar-refractivity contribution in [3.63, 3.8) is 0 Å². The van der Waals surface area contributed by atoms with Gasteiger partial charge in [-0.3, -0.25) is 9.59 Å². The van der Waals surface area contributed by atoms with Gasteiger partial charge < -0.3 is 19.8 Å². The number of aromatic amines is 1. The lowest BCUT2D eigenvalue weighted by atomic mass is 10.2. The van der Waals surface area contributed by atoms with Crippen molar-refractivity contribution < 1.29 is 19.1 Å². The maximum atomic E-state index is 12.6. The molecule has 4 rings (SSSR count). The molecule has 194 valence electrons. The van der Waals surface area contributed by atoms with Crippen LogP contribution in [0.15, 0.2) is 76.6 Å². The van der Waals surface area contributed by atoms with Crippen LogP contribution in [0.4, 0.5) is 5.69 Å². The summed E-state index contributed by atoms with van der Waals surface area (Å²) in [5, 5.41) is 7.79. The van der Waals surface area contributed by atoms with Crippen LogP contribution in [0.2, 0.25) is 10.0 Å². The summed E-state index contributed by atoms with van der Waals surface area (Å²) in [4.78, 5) is 31.9. The number of hydrogen-bond donors (Lipinski definition) is 3. The van der Waals surface area contributed by atoms with Crippen LogP contribution in [0, 0.1) is 0 Å². The standard InChI is InChI=1S/C26H20BrCl2N5O4/c1-37-21-11-15(10-19(27)24(21)38-13-16-4-2-3-5-20(16)29)12-32-34-26(36)23-22(30-14-31-23)25(35)33-18-8-6-17(28)7-9-18/h2-12,14H,13H2,1H3,(H,30,31)(H,33,35)(H,34,36)/b32-12-. The molecule has 38 heavy (non-hydrogen) atoms. The predicted octanol–water partition coefficient (Wildman–Crippen LogP) is 6.08. The van der Waals surface area contributed by atoms with E-state index in [4.69, 9.17) is 32.7 Å². The number of carbonyl (C=O) groups excluding carboxylic acids is 2. The summed E-state index contributed by atoms with van der Waals surface area (Å²) < 4.78 is 12.0. The van der Waals surface area contributed by atoms with Crippen LogP contribution in [0.25, 0.3) is 0 Å². The zero-order chi connectivity index (χ0) is 27.1. The van der Waals surface area contributed by atoms with Gasteiger partial charge in [-0.25, -0.2) is 10.4 Å². The number of anilines is 1. The van der Waals surface area contributed by atoms with Crippen LogP contribution in [0.5, 0.6) is 11.5 Å². The largest absolute Gasteiger partial charge is 0.493 e. The van der Waals surface area contributed by atoms with Gasteiger partial charge in [0.05, 0.1) is 24.1 Å². The van der Waals surface area contributed by atoms with Crippen LogP contribution in [-0.4, -0.2) is 35.1 Å². The van der Waals surface area contributed by atoms with Gasteiger partial charge >= 0.3 is 0 Å². The molecule has 1 heterocycles. The first-order valence-corrected chi connectivity index (χ1v) is 12.6. The van der Waals surface area contributed by atoms with Crippen molar-refractivity contribution in [3.05, 3.63) is 104 Å². The maximum absolute atomic E-state index is 12.6. The average Bonchev–Trinajstić information content (AvgIpc) is 3.40. The summed E-state index contributed by atoms with van der Waals surface area (Å²) in [6, 6.07) is 17.4. The average molecular weight is 617 g/mol. The summed E-state index contributed by atoms with van der Waals surface area (Å²) in [7, 11) is 1.51. The summed E-state index contributed by atoms with van der Waals surface area (Å²) in [5.74, 6) is -0.274. The Morgan fingerprint density at radius 2 is 1.87 bits per heavy atom. The van der Waals surface area contributed by atoms with Crippen molar-refractivity contribution in [1.82, 2.24) is 15.4 Å². The molecule has 0 fully saturated rings. The fourth-order valence-electron chi connectivity index (χ4n) is 3.30. The van der Waals surface area contributed by atoms with E-state index in [1.807, 2.05) is 18.2 Å². The number of aromatic nitrogens is 2. The summed E-state index contributed by atoms with van der Waals surface area (Å²) in [6.07, 6.45) is 2.67. The second-order valence-corrected chi connectivity index (χ2v) is 9.40. The Hall–Kier alpha value is -3.86. The molecule has 0 aliphatic rings. The number of H-pyrrole nitrogens is 1. The fourth-order valence-corrected chi connectivity index (χ4v) is 4.19. The van der Waals surface area contributed by atoms with Gasteiger partial charge in [0.15, 0.2) is 17.2 Å². The first-order valence-electron chi connectivity index (χ1n) is 11.0. The van der Waals surface area contributed by atoms with E-state index in [2.05, 4.69) is 41.7 Å². The third-order valence-electron chi connectivity index (χ3n) is 5.14. The highest BCUT2D eigenvalue weighted by molar-refractivity contribution is 9.10. The van der Waals surface area contributed by atoms with Crippen LogP contribution in [0.3, 0.4) is 0 Å². The Morgan fingerprint density at radius 3 is 2.61 bits per heavy atom. The van der Waals surface area contributed by atoms with Gasteiger partial charge in [-0.15, -0.1) is 0 Å². The number of ether oxygens (including phenoxy) is 2. The smallest absolute Gasteiger partial charge is 0.292 e. The van der Waals surface area contributed by atoms with Crippen molar-refractivity contribution in [1.29, 1.82) is 0 Å². The van der Waals surface area contributed by atoms with E-state index < -0.39 is 11.8 Å². The zero-order valence-corrected chi connectivity index (χ0v) is 22.9. The number of halogens is 3. The lowest BCUT2D eigenvalue weighted by molar-refractivity contribution is 0.0936. The highest BCUT2D eigenvalue weighted by atomic mass is 79.9. The zero-order valence-electron chi connectivity index (χ0n) is 19.8. The van der Waals surface area contributed by atoms with Crippen molar-refractivity contribution in [2.75, 3.05) is 12.4 Å². The number of imidazole rings is 1. The van der Waals surface area contributed by atoms with E-state index in [0.29, 0.717) is 37.3 Å². The van der Waals surface area contributed by atoms with Gasteiger partial charge in [0, 0.05) is 21.3 Å². The van der Waals surface area contributed by atoms with Crippen molar-refractivity contribution in [2.45, 2.75) is 6.61 Å². The molecule has 3 aromatic carbocycles. The third kappa shape index (κ3) is 6.71. The number of amides is 2. The Kier molecular flexibility index (Phi) is 9.01. The van der Waals surface area contributed by atoms with E-state index in [0.717, 1.165) is 5.56 Å². The molecule has 0 aliphatic heterocycles. The Morgan fingerprint density at radius 1 is 1.11 bits per heavy atom. The van der Waals surface area contributed by atoms with Crippen LogP contribution >= 0.6 is 39.1 Å². The van der Waals surface area contributed by atoms with Gasteiger partial charge in [-0.1, -0.05) is 41.4 Å². The number of nitrogens with one attached hydrogen (secondary N) is 3. The maximum Gasteiger partial charge on any atom is 0.292 e. The number of hydrogen-bond acceptors (Lipinski definition) is 6. The van der Waals surface area contributed by atoms with E-state index in [1.165, 1.54) is 19.7 Å². The molecule has 0 saturated carbocycles. The number of carbonyl (C=O) groups is 2. The minimum Gasteiger partial charge on any atom is -0.493 e. The molecular weight excluding hydrogens is 597 g/mol. The number of methoxy groups -OCH3 is 1. The number of nitrogens with zero attached hydrogens (tertiary/aromatic N) is 2. The molecule has 0 unspecified atom stereocenters. The van der Waals surface area contributed by atoms with Crippen molar-refractivity contribution >= 4 is 62.8 Å². The van der Waals surface area contributed by atoms with E-state index in [-0.39, 0.29) is 18.0 Å². The van der Waals surface area contributed by atoms with Gasteiger partial charge in [0.2, 0.25) is 0 Å². The van der Waals surface area contributed by atoms with Gasteiger partial charge in [-0.2, -0.15) is 5.10 Å². The molecule has 0 radical (unpaired) electrons. The van der Waals surface area contributed by atoms with Crippen molar-refractivity contribution in [3.8, 4) is 11.5 Å². The highest BCUT2D eigenvalue weighted by Gasteiger charge is 2.20. The summed E-state index contributed by atoms with van der Waals surface area (Å²) in [6.45, 7) is 0.246. The Balaban J connectivity index is 1.41. The Bertz CT molecular complexity index is 1490. The minimum atomic E-state index is -0.672. The molecule has 3 N–H and O–H groups in total. The van der Waals surface area contributed by atoms with Crippen LogP contribution in [-0.2, 0) is 6.61 Å². The summed E-state index contributed by atoms with van der Waals surface area (Å²) in [5.41, 5.74) is 4.20. The first-order chi connectivity index (χ1) is 18.4. The minimum absolute atomic E-state index is 0.0166. The van der Waals surface area contributed by atoms with E-state index in [9.17, 15) is 9.59 Å². The molecule has 0 atom stereocenters. The van der Waals surface area contributed by atoms with Crippen LogP contribution < -0.4 is 20.2 Å². The molecule has 12 heteroatoms. The molecule has 0 spiro atoms. The number of benzene rings is 3. The third-order valence-corrected chi connectivity index (χ3v) is 6.35. The molecule has 0 bridgehead atoms. The molecule has 0 aliphatic carbocycles. The molecule has 1 aromatic heterocycles. The number of rotatable bonds is 9. The fraction of sp³-hybridized carbons (Fsp3) is 0.0769. The second-order valence-electron chi connectivity index (χ2n) is 7.70. The topological polar surface area (TPSA) is 118 Å². The second kappa shape index (κ2) is 12.6. The monoisotopic (exact) mass is 615 g/mol. The lowest BCUT2D eigenvalue weighted by Crippen LogP contribution is -2.23. The molecule has 2 amide bonds. The first kappa shape index (κ1) is 27.2. The molecule has 4 aromatic rings.